The molecule has 0 spiro atoms. The second kappa shape index (κ2) is 6.40. The molecular formula is C9H20N2O. The molecule has 0 aromatic carbocycles. The lowest BCUT2D eigenvalue weighted by atomic mass is 10.1. The maximum absolute atomic E-state index is 5.56. The molecule has 1 heterocycles. The van der Waals surface area contributed by atoms with E-state index in [1.807, 2.05) is 0 Å². The van der Waals surface area contributed by atoms with Crippen LogP contribution >= 0.6 is 0 Å². The highest BCUT2D eigenvalue weighted by molar-refractivity contribution is 4.66. The van der Waals surface area contributed by atoms with E-state index in [1.165, 1.54) is 19.3 Å². The number of unbranched alkanes of at least 4 members (excludes halogenated alkanes) is 2. The van der Waals surface area contributed by atoms with Gasteiger partial charge in [-0.25, -0.2) is 0 Å². The summed E-state index contributed by atoms with van der Waals surface area (Å²) in [4.78, 5) is 0. The fraction of sp³-hybridized carbons (Fsp3) is 1.00. The van der Waals surface area contributed by atoms with E-state index in [9.17, 15) is 0 Å². The molecule has 0 amide bonds. The molecule has 0 bridgehead atoms. The fourth-order valence-corrected chi connectivity index (χ4v) is 1.50. The van der Waals surface area contributed by atoms with Gasteiger partial charge in [-0.3, -0.25) is 0 Å². The largest absolute Gasteiger partial charge is 0.376 e. The molecule has 3 N–H and O–H groups in total. The van der Waals surface area contributed by atoms with E-state index >= 15 is 0 Å². The Bertz CT molecular complexity index is 103. The average Bonchev–Trinajstić information content (AvgIpc) is 2.14. The first kappa shape index (κ1) is 9.96. The lowest BCUT2D eigenvalue weighted by Crippen LogP contribution is -2.38. The van der Waals surface area contributed by atoms with Gasteiger partial charge in [-0.1, -0.05) is 12.8 Å². The second-order valence-electron chi connectivity index (χ2n) is 3.33. The number of hydrogen-bond acceptors (Lipinski definition) is 3. The monoisotopic (exact) mass is 172 g/mol. The molecule has 3 heteroatoms. The molecule has 0 aliphatic carbocycles. The minimum atomic E-state index is 0.455. The average molecular weight is 172 g/mol. The maximum Gasteiger partial charge on any atom is 0.0700 e. The predicted molar refractivity (Wildman–Crippen MR) is 50.1 cm³/mol. The summed E-state index contributed by atoms with van der Waals surface area (Å²) in [6, 6.07) is 0. The van der Waals surface area contributed by atoms with E-state index in [-0.39, 0.29) is 0 Å². The zero-order valence-electron chi connectivity index (χ0n) is 7.72. The van der Waals surface area contributed by atoms with Gasteiger partial charge >= 0.3 is 0 Å². The van der Waals surface area contributed by atoms with Gasteiger partial charge < -0.3 is 15.8 Å². The Kier molecular flexibility index (Phi) is 5.32. The van der Waals surface area contributed by atoms with Crippen molar-refractivity contribution in [3.05, 3.63) is 0 Å². The molecule has 1 atom stereocenters. The Hall–Kier alpha value is -0.120. The summed E-state index contributed by atoms with van der Waals surface area (Å²) >= 11 is 0. The smallest absolute Gasteiger partial charge is 0.0700 e. The lowest BCUT2D eigenvalue weighted by Gasteiger charge is -2.23. The number of ether oxygens (including phenoxy) is 1. The standard InChI is InChI=1S/C9H20N2O/c10-5-3-1-2-4-9-8-11-6-7-12-9/h9,11H,1-8,10H2. The van der Waals surface area contributed by atoms with Crippen molar-refractivity contribution in [2.45, 2.75) is 31.8 Å². The molecule has 1 aliphatic rings. The second-order valence-corrected chi connectivity index (χ2v) is 3.33. The number of rotatable bonds is 5. The molecule has 1 rings (SSSR count). The van der Waals surface area contributed by atoms with Gasteiger partial charge in [0.1, 0.15) is 0 Å². The lowest BCUT2D eigenvalue weighted by molar-refractivity contribution is 0.0221. The number of nitrogens with two attached hydrogens (primary N) is 1. The molecule has 1 fully saturated rings. The van der Waals surface area contributed by atoms with E-state index in [2.05, 4.69) is 5.32 Å². The van der Waals surface area contributed by atoms with Crippen LogP contribution in [-0.2, 0) is 4.74 Å². The van der Waals surface area contributed by atoms with Crippen LogP contribution < -0.4 is 11.1 Å². The highest BCUT2D eigenvalue weighted by Crippen LogP contribution is 2.07. The highest BCUT2D eigenvalue weighted by atomic mass is 16.5. The SMILES string of the molecule is NCCCCCC1CNCCO1. The van der Waals surface area contributed by atoms with Crippen molar-refractivity contribution < 1.29 is 4.74 Å². The zero-order chi connectivity index (χ0) is 8.65. The van der Waals surface area contributed by atoms with Gasteiger partial charge in [0, 0.05) is 13.1 Å². The van der Waals surface area contributed by atoms with E-state index in [0.29, 0.717) is 6.10 Å². The first-order chi connectivity index (χ1) is 5.93. The van der Waals surface area contributed by atoms with Gasteiger partial charge in [-0.2, -0.15) is 0 Å². The van der Waals surface area contributed by atoms with E-state index in [1.54, 1.807) is 0 Å². The summed E-state index contributed by atoms with van der Waals surface area (Å²) in [5.41, 5.74) is 5.40. The van der Waals surface area contributed by atoms with Crippen LogP contribution in [0, 0.1) is 0 Å². The summed E-state index contributed by atoms with van der Waals surface area (Å²) in [5.74, 6) is 0. The molecule has 1 saturated heterocycles. The number of morpholine rings is 1. The molecule has 3 nitrogen and oxygen atoms in total. The molecular weight excluding hydrogens is 152 g/mol. The van der Waals surface area contributed by atoms with Crippen LogP contribution in [0.1, 0.15) is 25.7 Å². The molecule has 0 aromatic heterocycles. The Labute approximate surface area is 74.7 Å². The van der Waals surface area contributed by atoms with E-state index in [0.717, 1.165) is 32.7 Å². The van der Waals surface area contributed by atoms with Crippen molar-refractivity contribution in [3.8, 4) is 0 Å². The summed E-state index contributed by atoms with van der Waals surface area (Å²) in [5, 5.41) is 3.33. The summed E-state index contributed by atoms with van der Waals surface area (Å²) in [6.45, 7) is 3.74. The molecule has 0 radical (unpaired) electrons. The van der Waals surface area contributed by atoms with E-state index in [4.69, 9.17) is 10.5 Å². The van der Waals surface area contributed by atoms with Gasteiger partial charge in [0.25, 0.3) is 0 Å². The first-order valence-corrected chi connectivity index (χ1v) is 4.96. The molecule has 12 heavy (non-hydrogen) atoms. The van der Waals surface area contributed by atoms with Crippen molar-refractivity contribution in [2.75, 3.05) is 26.2 Å². The Balaban J connectivity index is 1.91. The van der Waals surface area contributed by atoms with Gasteiger partial charge in [0.15, 0.2) is 0 Å². The maximum atomic E-state index is 5.56. The molecule has 1 unspecified atom stereocenters. The Morgan fingerprint density at radius 1 is 1.33 bits per heavy atom. The van der Waals surface area contributed by atoms with Crippen LogP contribution in [0.2, 0.25) is 0 Å². The third kappa shape index (κ3) is 4.04. The number of hydrogen-bond donors (Lipinski definition) is 2. The van der Waals surface area contributed by atoms with Crippen LogP contribution in [0.15, 0.2) is 0 Å². The van der Waals surface area contributed by atoms with Crippen LogP contribution in [0.5, 0.6) is 0 Å². The van der Waals surface area contributed by atoms with Gasteiger partial charge in [0.05, 0.1) is 12.7 Å². The predicted octanol–water partition coefficient (Wildman–Crippen LogP) is 0.494. The van der Waals surface area contributed by atoms with Gasteiger partial charge in [-0.05, 0) is 19.4 Å². The number of nitrogens with one attached hydrogen (secondary N) is 1. The topological polar surface area (TPSA) is 47.3 Å². The third-order valence-electron chi connectivity index (χ3n) is 2.23. The first-order valence-electron chi connectivity index (χ1n) is 4.96. The van der Waals surface area contributed by atoms with E-state index < -0.39 is 0 Å². The Morgan fingerprint density at radius 3 is 2.92 bits per heavy atom. The normalized spacial score (nSPS) is 24.2. The summed E-state index contributed by atoms with van der Waals surface area (Å²) < 4.78 is 5.56. The van der Waals surface area contributed by atoms with Crippen molar-refractivity contribution >= 4 is 0 Å². The van der Waals surface area contributed by atoms with Crippen LogP contribution in [0.25, 0.3) is 0 Å². The molecule has 72 valence electrons. The van der Waals surface area contributed by atoms with Crippen molar-refractivity contribution in [3.63, 3.8) is 0 Å². The van der Waals surface area contributed by atoms with Gasteiger partial charge in [-0.15, -0.1) is 0 Å². The van der Waals surface area contributed by atoms with Crippen LogP contribution in [0.4, 0.5) is 0 Å². The summed E-state index contributed by atoms with van der Waals surface area (Å²) in [7, 11) is 0. The third-order valence-corrected chi connectivity index (χ3v) is 2.23. The fourth-order valence-electron chi connectivity index (χ4n) is 1.50. The minimum Gasteiger partial charge on any atom is -0.376 e. The van der Waals surface area contributed by atoms with Crippen molar-refractivity contribution in [1.29, 1.82) is 0 Å². The van der Waals surface area contributed by atoms with Crippen LogP contribution in [-0.4, -0.2) is 32.3 Å². The molecule has 0 aromatic rings. The zero-order valence-corrected chi connectivity index (χ0v) is 7.72. The Morgan fingerprint density at radius 2 is 2.25 bits per heavy atom. The minimum absolute atomic E-state index is 0.455. The van der Waals surface area contributed by atoms with Gasteiger partial charge in [0.2, 0.25) is 0 Å². The molecule has 0 saturated carbocycles. The quantitative estimate of drug-likeness (QED) is 0.593. The van der Waals surface area contributed by atoms with Crippen molar-refractivity contribution in [2.24, 2.45) is 5.73 Å². The van der Waals surface area contributed by atoms with Crippen molar-refractivity contribution in [1.82, 2.24) is 5.32 Å². The molecule has 1 aliphatic heterocycles. The summed E-state index contributed by atoms with van der Waals surface area (Å²) in [6.07, 6.45) is 5.30. The van der Waals surface area contributed by atoms with Crippen LogP contribution in [0.3, 0.4) is 0 Å². The highest BCUT2D eigenvalue weighted by Gasteiger charge is 2.11.